The Bertz CT molecular complexity index is 946. The zero-order valence-corrected chi connectivity index (χ0v) is 17.2. The normalized spacial score (nSPS) is 30.6. The Hall–Kier alpha value is -1.66. The molecule has 1 aliphatic heterocycles. The molecule has 0 saturated heterocycles. The molecule has 0 radical (unpaired) electrons. The van der Waals surface area contributed by atoms with E-state index in [2.05, 4.69) is 27.7 Å². The maximum atomic E-state index is 10.1. The van der Waals surface area contributed by atoms with E-state index < -0.39 is 7.12 Å². The van der Waals surface area contributed by atoms with Gasteiger partial charge in [-0.1, -0.05) is 34.1 Å². The number of rotatable bonds is 1. The highest BCUT2D eigenvalue weighted by molar-refractivity contribution is 6.63. The summed E-state index contributed by atoms with van der Waals surface area (Å²) in [6.45, 7) is 9.52. The van der Waals surface area contributed by atoms with Crippen molar-refractivity contribution in [1.29, 1.82) is 0 Å². The van der Waals surface area contributed by atoms with Crippen LogP contribution in [0.2, 0.25) is 0 Å². The summed E-state index contributed by atoms with van der Waals surface area (Å²) >= 11 is 0. The molecule has 2 aromatic rings. The van der Waals surface area contributed by atoms with E-state index in [1.54, 1.807) is 0 Å². The molecule has 0 bridgehead atoms. The minimum Gasteiger partial charge on any atom is -0.461 e. The lowest BCUT2D eigenvalue weighted by molar-refractivity contribution is 0.0504. The van der Waals surface area contributed by atoms with E-state index in [0.29, 0.717) is 34.4 Å². The van der Waals surface area contributed by atoms with Gasteiger partial charge in [-0.25, -0.2) is 0 Å². The second kappa shape index (κ2) is 5.93. The Kier molecular flexibility index (Phi) is 3.89. The Labute approximate surface area is 166 Å². The average Bonchev–Trinajstić information content (AvgIpc) is 3.19. The summed E-state index contributed by atoms with van der Waals surface area (Å²) in [5.74, 6) is 2.83. The van der Waals surface area contributed by atoms with Gasteiger partial charge in [-0.3, -0.25) is 0 Å². The highest BCUT2D eigenvalue weighted by atomic mass is 16.7. The smallest absolute Gasteiger partial charge is 0.461 e. The predicted molar refractivity (Wildman–Crippen MR) is 108 cm³/mol. The lowest BCUT2D eigenvalue weighted by atomic mass is 9.53. The Morgan fingerprint density at radius 2 is 1.89 bits per heavy atom. The van der Waals surface area contributed by atoms with Gasteiger partial charge in [0.25, 0.3) is 0 Å². The van der Waals surface area contributed by atoms with Gasteiger partial charge in [-0.2, -0.15) is 0 Å². The summed E-state index contributed by atoms with van der Waals surface area (Å²) in [5, 5.41) is 21.2. The molecule has 0 amide bonds. The first kappa shape index (κ1) is 18.4. The predicted octanol–water partition coefficient (Wildman–Crippen LogP) is 3.82. The van der Waals surface area contributed by atoms with Crippen molar-refractivity contribution in [3.05, 3.63) is 17.4 Å². The molecule has 150 valence electrons. The van der Waals surface area contributed by atoms with E-state index >= 15 is 0 Å². The summed E-state index contributed by atoms with van der Waals surface area (Å²) in [4.78, 5) is 0. The molecule has 1 aromatic carbocycles. The zero-order chi connectivity index (χ0) is 19.8. The molecule has 6 heteroatoms. The van der Waals surface area contributed by atoms with Crippen molar-refractivity contribution >= 4 is 23.6 Å². The van der Waals surface area contributed by atoms with Crippen molar-refractivity contribution in [3.8, 4) is 11.5 Å². The van der Waals surface area contributed by atoms with Gasteiger partial charge in [-0.05, 0) is 48.5 Å². The van der Waals surface area contributed by atoms with Crippen LogP contribution in [0.25, 0.3) is 11.0 Å². The number of hydrogen-bond donors (Lipinski definition) is 2. The first-order valence-electron chi connectivity index (χ1n) is 10.5. The highest BCUT2D eigenvalue weighted by Crippen LogP contribution is 2.59. The highest BCUT2D eigenvalue weighted by Gasteiger charge is 2.52. The van der Waals surface area contributed by atoms with Gasteiger partial charge in [0.1, 0.15) is 11.3 Å². The fourth-order valence-corrected chi connectivity index (χ4v) is 6.49. The van der Waals surface area contributed by atoms with Crippen LogP contribution in [0.15, 0.2) is 10.5 Å². The monoisotopic (exact) mass is 384 g/mol. The molecule has 2 aliphatic carbocycles. The summed E-state index contributed by atoms with van der Waals surface area (Å²) < 4.78 is 17.6. The van der Waals surface area contributed by atoms with Gasteiger partial charge >= 0.3 is 7.12 Å². The minimum atomic E-state index is -1.67. The van der Waals surface area contributed by atoms with Crippen LogP contribution in [-0.2, 0) is 5.41 Å². The van der Waals surface area contributed by atoms with Crippen LogP contribution in [-0.4, -0.2) is 24.0 Å². The van der Waals surface area contributed by atoms with Crippen LogP contribution < -0.4 is 14.9 Å². The van der Waals surface area contributed by atoms with Gasteiger partial charge in [0.15, 0.2) is 11.5 Å². The summed E-state index contributed by atoms with van der Waals surface area (Å²) in [6, 6.07) is 1.99. The van der Waals surface area contributed by atoms with E-state index in [4.69, 9.17) is 13.9 Å². The van der Waals surface area contributed by atoms with E-state index in [1.165, 1.54) is 24.8 Å². The molecule has 3 atom stereocenters. The largest absolute Gasteiger partial charge is 0.496 e. The van der Waals surface area contributed by atoms with Crippen LogP contribution in [0.3, 0.4) is 0 Å². The zero-order valence-electron chi connectivity index (χ0n) is 17.2. The lowest BCUT2D eigenvalue weighted by Gasteiger charge is -2.50. The fraction of sp³-hybridized carbons (Fsp3) is 0.636. The molecule has 2 heterocycles. The molecule has 5 rings (SSSR count). The van der Waals surface area contributed by atoms with Gasteiger partial charge in [0, 0.05) is 16.9 Å². The number of ether oxygens (including phenoxy) is 2. The SMILES string of the molecule is CC1CC[C@@H]2C(C)(C)CCCC2(C)c2c1oc1c(B(O)O)c3c(cc21)OCO3. The number of benzene rings is 1. The molecule has 3 aliphatic rings. The Morgan fingerprint density at radius 3 is 2.64 bits per heavy atom. The van der Waals surface area contributed by atoms with Crippen LogP contribution >= 0.6 is 0 Å². The summed E-state index contributed by atoms with van der Waals surface area (Å²) in [6.07, 6.45) is 5.85. The standard InChI is InChI=1S/C22H29BO5/c1-12-6-7-15-21(2,3)8-5-9-22(15,4)16-13-10-14-20(27-11-26-14)17(23(24)25)19(13)28-18(12)16/h10,12,15,24-25H,5-9,11H2,1-4H3/t12?,15-,22?/m1/s1. The van der Waals surface area contributed by atoms with Crippen molar-refractivity contribution in [2.75, 3.05) is 6.79 Å². The minimum absolute atomic E-state index is 0.00152. The lowest BCUT2D eigenvalue weighted by Crippen LogP contribution is -2.44. The van der Waals surface area contributed by atoms with Crippen molar-refractivity contribution < 1.29 is 23.9 Å². The fourth-order valence-electron chi connectivity index (χ4n) is 6.49. The first-order valence-corrected chi connectivity index (χ1v) is 10.5. The van der Waals surface area contributed by atoms with Crippen molar-refractivity contribution in [1.82, 2.24) is 0 Å². The molecule has 1 saturated carbocycles. The van der Waals surface area contributed by atoms with Gasteiger partial charge < -0.3 is 23.9 Å². The van der Waals surface area contributed by atoms with Crippen molar-refractivity contribution in [2.45, 2.75) is 71.1 Å². The molecular weight excluding hydrogens is 355 g/mol. The quantitative estimate of drug-likeness (QED) is 0.732. The van der Waals surface area contributed by atoms with Crippen LogP contribution in [0.1, 0.15) is 77.0 Å². The topological polar surface area (TPSA) is 72.1 Å². The number of fused-ring (bicyclic) bond motifs is 6. The van der Waals surface area contributed by atoms with Crippen LogP contribution in [0.4, 0.5) is 0 Å². The third-order valence-electron chi connectivity index (χ3n) is 7.77. The van der Waals surface area contributed by atoms with E-state index in [1.807, 2.05) is 6.07 Å². The summed E-state index contributed by atoms with van der Waals surface area (Å²) in [5.41, 5.74) is 2.36. The van der Waals surface area contributed by atoms with Crippen LogP contribution in [0, 0.1) is 11.3 Å². The maximum Gasteiger partial charge on any atom is 0.496 e. The molecule has 2 N–H and O–H groups in total. The maximum absolute atomic E-state index is 10.1. The number of furan rings is 1. The molecular formula is C22H29BO5. The second-order valence-electron chi connectivity index (χ2n) is 9.91. The van der Waals surface area contributed by atoms with E-state index in [-0.39, 0.29) is 17.6 Å². The van der Waals surface area contributed by atoms with Crippen LogP contribution in [0.5, 0.6) is 11.5 Å². The summed E-state index contributed by atoms with van der Waals surface area (Å²) in [7, 11) is -1.67. The van der Waals surface area contributed by atoms with E-state index in [0.717, 1.165) is 24.0 Å². The third-order valence-corrected chi connectivity index (χ3v) is 7.77. The molecule has 1 fully saturated rings. The second-order valence-corrected chi connectivity index (χ2v) is 9.91. The molecule has 28 heavy (non-hydrogen) atoms. The molecule has 1 aromatic heterocycles. The average molecular weight is 384 g/mol. The van der Waals surface area contributed by atoms with Crippen molar-refractivity contribution in [2.24, 2.45) is 11.3 Å². The molecule has 0 spiro atoms. The Balaban J connectivity index is 1.85. The molecule has 5 nitrogen and oxygen atoms in total. The number of hydrogen-bond acceptors (Lipinski definition) is 5. The van der Waals surface area contributed by atoms with Gasteiger partial charge in [0.05, 0.1) is 5.46 Å². The van der Waals surface area contributed by atoms with Gasteiger partial charge in [0.2, 0.25) is 6.79 Å². The first-order chi connectivity index (χ1) is 13.2. The molecule has 2 unspecified atom stereocenters. The van der Waals surface area contributed by atoms with Gasteiger partial charge in [-0.15, -0.1) is 0 Å². The third kappa shape index (κ3) is 2.34. The van der Waals surface area contributed by atoms with Crippen molar-refractivity contribution in [3.63, 3.8) is 0 Å². The Morgan fingerprint density at radius 1 is 1.11 bits per heavy atom. The van der Waals surface area contributed by atoms with E-state index in [9.17, 15) is 10.0 Å².